The molecule has 2 heterocycles. The van der Waals surface area contributed by atoms with Gasteiger partial charge in [-0.1, -0.05) is 25.5 Å². The molecule has 0 spiro atoms. The zero-order valence-corrected chi connectivity index (χ0v) is 17.8. The Balaban J connectivity index is 2.09. The summed E-state index contributed by atoms with van der Waals surface area (Å²) in [4.78, 5) is 12.5. The van der Waals surface area contributed by atoms with Crippen molar-refractivity contribution in [1.29, 1.82) is 0 Å². The van der Waals surface area contributed by atoms with Crippen molar-refractivity contribution in [2.24, 2.45) is 0 Å². The zero-order chi connectivity index (χ0) is 22.4. The summed E-state index contributed by atoms with van der Waals surface area (Å²) in [5.74, 6) is 0.734. The average molecular weight is 428 g/mol. The fourth-order valence-corrected chi connectivity index (χ4v) is 3.25. The van der Waals surface area contributed by atoms with Gasteiger partial charge < -0.3 is 15.2 Å². The second-order valence-corrected chi connectivity index (χ2v) is 7.40. The quantitative estimate of drug-likeness (QED) is 0.513. The van der Waals surface area contributed by atoms with Crippen LogP contribution >= 0.6 is 0 Å². The van der Waals surface area contributed by atoms with Crippen molar-refractivity contribution >= 4 is 5.95 Å². The van der Waals surface area contributed by atoms with Gasteiger partial charge in [-0.15, -0.1) is 0 Å². The van der Waals surface area contributed by atoms with E-state index in [-0.39, 0.29) is 17.9 Å². The number of nitrogen functional groups attached to an aromatic ring is 1. The molecule has 3 rings (SSSR count). The lowest BCUT2D eigenvalue weighted by atomic mass is 9.98. The molecule has 6 nitrogen and oxygen atoms in total. The van der Waals surface area contributed by atoms with Crippen molar-refractivity contribution in [3.05, 3.63) is 59.5 Å². The van der Waals surface area contributed by atoms with E-state index in [0.717, 1.165) is 17.5 Å². The molecule has 0 aliphatic carbocycles. The molecule has 31 heavy (non-hydrogen) atoms. The Morgan fingerprint density at radius 2 is 1.81 bits per heavy atom. The first-order chi connectivity index (χ1) is 14.9. The molecule has 2 aromatic heterocycles. The molecule has 0 aliphatic rings. The highest BCUT2D eigenvalue weighted by Crippen LogP contribution is 2.34. The molecule has 0 saturated heterocycles. The van der Waals surface area contributed by atoms with Crippen LogP contribution in [0, 0.1) is 0 Å². The van der Waals surface area contributed by atoms with Gasteiger partial charge in [0.05, 0.1) is 6.10 Å². The van der Waals surface area contributed by atoms with E-state index in [1.54, 1.807) is 18.5 Å². The van der Waals surface area contributed by atoms with Gasteiger partial charge in [0, 0.05) is 30.1 Å². The number of hydrogen-bond donors (Lipinski definition) is 1. The maximum Gasteiger partial charge on any atom is 0.388 e. The first-order valence-electron chi connectivity index (χ1n) is 10.2. The Bertz CT molecular complexity index is 1010. The van der Waals surface area contributed by atoms with Crippen LogP contribution in [0.5, 0.6) is 11.6 Å². The van der Waals surface area contributed by atoms with E-state index in [9.17, 15) is 8.78 Å². The summed E-state index contributed by atoms with van der Waals surface area (Å²) >= 11 is 0. The van der Waals surface area contributed by atoms with Crippen molar-refractivity contribution in [2.45, 2.75) is 52.7 Å². The van der Waals surface area contributed by atoms with Gasteiger partial charge in [0.25, 0.3) is 0 Å². The van der Waals surface area contributed by atoms with E-state index in [0.29, 0.717) is 35.4 Å². The van der Waals surface area contributed by atoms with E-state index in [1.807, 2.05) is 45.0 Å². The van der Waals surface area contributed by atoms with Crippen LogP contribution in [0.2, 0.25) is 0 Å². The van der Waals surface area contributed by atoms with Gasteiger partial charge in [0.2, 0.25) is 11.8 Å². The van der Waals surface area contributed by atoms with Gasteiger partial charge in [-0.25, -0.2) is 15.0 Å². The summed E-state index contributed by atoms with van der Waals surface area (Å²) in [7, 11) is 0. The number of aromatic nitrogens is 3. The maximum absolute atomic E-state index is 13.2. The van der Waals surface area contributed by atoms with Crippen LogP contribution in [0.15, 0.2) is 42.7 Å². The molecule has 0 amide bonds. The number of anilines is 1. The normalized spacial score (nSPS) is 11.2. The van der Waals surface area contributed by atoms with Crippen LogP contribution in [0.4, 0.5) is 14.7 Å². The topological polar surface area (TPSA) is 83.2 Å². The van der Waals surface area contributed by atoms with E-state index in [2.05, 4.69) is 15.0 Å². The summed E-state index contributed by atoms with van der Waals surface area (Å²) in [6.45, 7) is 2.87. The highest BCUT2D eigenvalue weighted by Gasteiger charge is 2.18. The minimum atomic E-state index is -2.98. The third kappa shape index (κ3) is 6.10. The third-order valence-corrected chi connectivity index (χ3v) is 4.48. The summed E-state index contributed by atoms with van der Waals surface area (Å²) in [5, 5.41) is 0. The average Bonchev–Trinajstić information content (AvgIpc) is 2.71. The Labute approximate surface area is 180 Å². The molecule has 0 aliphatic heterocycles. The highest BCUT2D eigenvalue weighted by atomic mass is 19.3. The number of halogens is 2. The number of nitrogens with zero attached hydrogens (tertiary/aromatic N) is 3. The Morgan fingerprint density at radius 3 is 2.45 bits per heavy atom. The molecule has 1 aromatic carbocycles. The van der Waals surface area contributed by atoms with Gasteiger partial charge in [0.1, 0.15) is 5.75 Å². The van der Waals surface area contributed by atoms with Gasteiger partial charge in [-0.2, -0.15) is 8.78 Å². The van der Waals surface area contributed by atoms with Crippen molar-refractivity contribution in [3.8, 4) is 22.8 Å². The number of ether oxygens (including phenoxy) is 2. The molecule has 2 N–H and O–H groups in total. The minimum Gasteiger partial charge on any atom is -0.491 e. The molecule has 0 atom stereocenters. The number of hydrogen-bond acceptors (Lipinski definition) is 6. The molecular formula is C23H26F2N4O2. The summed E-state index contributed by atoms with van der Waals surface area (Å²) in [6, 6.07) is 9.10. The standard InChI is InChI=1S/C23H26F2N4O2/c1-4-6-20-17(9-15-12-27-23(26)28-13-15)11-19(21(29-20)31-22(24)25)16-7-5-8-18(10-16)30-14(2)3/h5,7-8,10-14,22H,4,6,9H2,1-3H3,(H2,26,27,28). The number of nitrogens with two attached hydrogens (primary N) is 1. The first kappa shape index (κ1) is 22.4. The summed E-state index contributed by atoms with van der Waals surface area (Å²) < 4.78 is 36.9. The van der Waals surface area contributed by atoms with Crippen LogP contribution in [-0.2, 0) is 12.8 Å². The highest BCUT2D eigenvalue weighted by molar-refractivity contribution is 5.71. The Kier molecular flexibility index (Phi) is 7.33. The zero-order valence-electron chi connectivity index (χ0n) is 17.8. The fourth-order valence-electron chi connectivity index (χ4n) is 3.25. The number of alkyl halides is 2. The minimum absolute atomic E-state index is 0.0156. The smallest absolute Gasteiger partial charge is 0.388 e. The van der Waals surface area contributed by atoms with Crippen LogP contribution in [0.1, 0.15) is 44.0 Å². The van der Waals surface area contributed by atoms with Crippen molar-refractivity contribution in [3.63, 3.8) is 0 Å². The third-order valence-electron chi connectivity index (χ3n) is 4.48. The predicted octanol–water partition coefficient (Wildman–Crippen LogP) is 5.05. The van der Waals surface area contributed by atoms with E-state index in [1.165, 1.54) is 0 Å². The van der Waals surface area contributed by atoms with Gasteiger partial charge >= 0.3 is 6.61 Å². The molecule has 164 valence electrons. The van der Waals surface area contributed by atoms with Crippen LogP contribution in [0.25, 0.3) is 11.1 Å². The fraction of sp³-hybridized carbons (Fsp3) is 0.348. The SMILES string of the molecule is CCCc1nc(OC(F)F)c(-c2cccc(OC(C)C)c2)cc1Cc1cnc(N)nc1. The second kappa shape index (κ2) is 10.1. The molecule has 0 radical (unpaired) electrons. The number of benzene rings is 1. The van der Waals surface area contributed by atoms with Crippen molar-refractivity contribution in [1.82, 2.24) is 15.0 Å². The Morgan fingerprint density at radius 1 is 1.06 bits per heavy atom. The lowest BCUT2D eigenvalue weighted by molar-refractivity contribution is -0.0525. The second-order valence-electron chi connectivity index (χ2n) is 7.40. The van der Waals surface area contributed by atoms with Crippen LogP contribution < -0.4 is 15.2 Å². The largest absolute Gasteiger partial charge is 0.491 e. The van der Waals surface area contributed by atoms with Crippen molar-refractivity contribution < 1.29 is 18.3 Å². The van der Waals surface area contributed by atoms with Crippen LogP contribution in [-0.4, -0.2) is 27.7 Å². The van der Waals surface area contributed by atoms with Gasteiger partial charge in [-0.05, 0) is 55.2 Å². The molecule has 3 aromatic rings. The Hall–Kier alpha value is -3.29. The first-order valence-corrected chi connectivity index (χ1v) is 10.2. The molecule has 0 fully saturated rings. The van der Waals surface area contributed by atoms with Gasteiger partial charge in [0.15, 0.2) is 0 Å². The van der Waals surface area contributed by atoms with Gasteiger partial charge in [-0.3, -0.25) is 0 Å². The molecule has 8 heteroatoms. The molecule has 0 bridgehead atoms. The monoisotopic (exact) mass is 428 g/mol. The predicted molar refractivity (Wildman–Crippen MR) is 115 cm³/mol. The van der Waals surface area contributed by atoms with Crippen molar-refractivity contribution in [2.75, 3.05) is 5.73 Å². The number of aryl methyl sites for hydroxylation is 1. The summed E-state index contributed by atoms with van der Waals surface area (Å²) in [6.07, 6.45) is 5.22. The lowest BCUT2D eigenvalue weighted by Crippen LogP contribution is -2.09. The maximum atomic E-state index is 13.2. The molecular weight excluding hydrogens is 402 g/mol. The lowest BCUT2D eigenvalue weighted by Gasteiger charge is -2.17. The van der Waals surface area contributed by atoms with Crippen LogP contribution in [0.3, 0.4) is 0 Å². The molecule has 0 unspecified atom stereocenters. The number of rotatable bonds is 9. The van der Waals surface area contributed by atoms with E-state index >= 15 is 0 Å². The van der Waals surface area contributed by atoms with E-state index < -0.39 is 6.61 Å². The number of pyridine rings is 1. The molecule has 0 saturated carbocycles. The van der Waals surface area contributed by atoms with E-state index in [4.69, 9.17) is 15.2 Å². The summed E-state index contributed by atoms with van der Waals surface area (Å²) in [5.41, 5.74) is 9.17.